The summed E-state index contributed by atoms with van der Waals surface area (Å²) in [5, 5.41) is 3.61. The predicted molar refractivity (Wildman–Crippen MR) is 91.7 cm³/mol. The van der Waals surface area contributed by atoms with Crippen molar-refractivity contribution in [2.75, 3.05) is 11.9 Å². The van der Waals surface area contributed by atoms with E-state index in [2.05, 4.69) is 21.4 Å². The molecular formula is C18H21N3O2. The standard InChI is InChI=1S/C18H21N3O2/c22-17-15-10-4-5-11-16(15)21-18(23-17)20-12-6-2-1-3-8-14-9-7-13-19-14/h4-5,7,9-11,13,19H,1-3,6,8,12H2,(H,20,21). The van der Waals surface area contributed by atoms with Crippen molar-refractivity contribution in [1.29, 1.82) is 0 Å². The minimum absolute atomic E-state index is 0.306. The van der Waals surface area contributed by atoms with Gasteiger partial charge in [-0.05, 0) is 43.5 Å². The molecule has 0 amide bonds. The molecule has 0 saturated carbocycles. The number of H-pyrrole nitrogens is 1. The van der Waals surface area contributed by atoms with Crippen LogP contribution in [0.4, 0.5) is 6.01 Å². The molecule has 2 aromatic heterocycles. The minimum atomic E-state index is -0.343. The fourth-order valence-corrected chi connectivity index (χ4v) is 2.61. The highest BCUT2D eigenvalue weighted by atomic mass is 16.4. The largest absolute Gasteiger partial charge is 0.389 e. The smallest absolute Gasteiger partial charge is 0.348 e. The third-order valence-electron chi connectivity index (χ3n) is 3.85. The number of unbranched alkanes of at least 4 members (excludes halogenated alkanes) is 3. The highest BCUT2D eigenvalue weighted by molar-refractivity contribution is 5.77. The van der Waals surface area contributed by atoms with E-state index in [1.807, 2.05) is 24.4 Å². The normalized spacial score (nSPS) is 11.0. The van der Waals surface area contributed by atoms with Gasteiger partial charge in [-0.2, -0.15) is 4.98 Å². The van der Waals surface area contributed by atoms with E-state index < -0.39 is 0 Å². The summed E-state index contributed by atoms with van der Waals surface area (Å²) in [4.78, 5) is 19.4. The van der Waals surface area contributed by atoms with Gasteiger partial charge in [-0.25, -0.2) is 4.79 Å². The van der Waals surface area contributed by atoms with Crippen LogP contribution < -0.4 is 10.9 Å². The molecular weight excluding hydrogens is 290 g/mol. The molecule has 5 nitrogen and oxygen atoms in total. The summed E-state index contributed by atoms with van der Waals surface area (Å²) < 4.78 is 5.19. The number of benzene rings is 1. The predicted octanol–water partition coefficient (Wildman–Crippen LogP) is 3.73. The van der Waals surface area contributed by atoms with Crippen LogP contribution in [0.5, 0.6) is 0 Å². The zero-order chi connectivity index (χ0) is 15.9. The number of aromatic nitrogens is 2. The Morgan fingerprint density at radius 3 is 2.78 bits per heavy atom. The molecule has 0 fully saturated rings. The zero-order valence-corrected chi connectivity index (χ0v) is 13.0. The Morgan fingerprint density at radius 1 is 1.04 bits per heavy atom. The maximum Gasteiger partial charge on any atom is 0.348 e. The molecule has 0 aliphatic carbocycles. The number of nitrogens with one attached hydrogen (secondary N) is 2. The van der Waals surface area contributed by atoms with Crippen LogP contribution in [0.2, 0.25) is 0 Å². The summed E-state index contributed by atoms with van der Waals surface area (Å²) in [6.45, 7) is 0.761. The molecule has 0 unspecified atom stereocenters. The van der Waals surface area contributed by atoms with E-state index in [1.54, 1.807) is 12.1 Å². The minimum Gasteiger partial charge on any atom is -0.389 e. The number of hydrogen-bond acceptors (Lipinski definition) is 4. The third-order valence-corrected chi connectivity index (χ3v) is 3.85. The van der Waals surface area contributed by atoms with Gasteiger partial charge in [0.25, 0.3) is 6.01 Å². The lowest BCUT2D eigenvalue weighted by Gasteiger charge is -2.05. The fourth-order valence-electron chi connectivity index (χ4n) is 2.61. The molecule has 1 aromatic carbocycles. The van der Waals surface area contributed by atoms with Crippen molar-refractivity contribution < 1.29 is 4.42 Å². The molecule has 0 aliphatic heterocycles. The lowest BCUT2D eigenvalue weighted by Crippen LogP contribution is -2.09. The maximum atomic E-state index is 11.8. The first kappa shape index (κ1) is 15.3. The molecule has 23 heavy (non-hydrogen) atoms. The molecule has 3 rings (SSSR count). The quantitative estimate of drug-likeness (QED) is 0.622. The van der Waals surface area contributed by atoms with E-state index in [0.29, 0.717) is 16.9 Å². The lowest BCUT2D eigenvalue weighted by atomic mass is 10.1. The van der Waals surface area contributed by atoms with Gasteiger partial charge in [-0.1, -0.05) is 25.0 Å². The van der Waals surface area contributed by atoms with E-state index in [0.717, 1.165) is 25.8 Å². The second kappa shape index (κ2) is 7.63. The molecule has 5 heteroatoms. The number of rotatable bonds is 8. The van der Waals surface area contributed by atoms with Crippen molar-refractivity contribution in [3.05, 3.63) is 58.7 Å². The van der Waals surface area contributed by atoms with Gasteiger partial charge < -0.3 is 14.7 Å². The Morgan fingerprint density at radius 2 is 1.91 bits per heavy atom. The SMILES string of the molecule is O=c1oc(NCCCCCCc2ccc[nH]2)nc2ccccc12. The van der Waals surface area contributed by atoms with Gasteiger partial charge in [0.15, 0.2) is 0 Å². The van der Waals surface area contributed by atoms with Gasteiger partial charge in [0.1, 0.15) is 0 Å². The Hall–Kier alpha value is -2.56. The van der Waals surface area contributed by atoms with E-state index in [4.69, 9.17) is 4.42 Å². The molecule has 0 aliphatic rings. The molecule has 0 bridgehead atoms. The average Bonchev–Trinajstić information content (AvgIpc) is 3.07. The van der Waals surface area contributed by atoms with Crippen molar-refractivity contribution in [2.45, 2.75) is 32.1 Å². The summed E-state index contributed by atoms with van der Waals surface area (Å²) in [6.07, 6.45) is 7.61. The fraction of sp³-hybridized carbons (Fsp3) is 0.333. The first-order valence-electron chi connectivity index (χ1n) is 8.09. The van der Waals surface area contributed by atoms with E-state index >= 15 is 0 Å². The van der Waals surface area contributed by atoms with Crippen LogP contribution in [0.3, 0.4) is 0 Å². The Balaban J connectivity index is 1.40. The van der Waals surface area contributed by atoms with Crippen LogP contribution >= 0.6 is 0 Å². The Kier molecular flexibility index (Phi) is 5.09. The number of aryl methyl sites for hydroxylation is 1. The average molecular weight is 311 g/mol. The number of aromatic amines is 1. The summed E-state index contributed by atoms with van der Waals surface area (Å²) in [5.41, 5.74) is 1.62. The van der Waals surface area contributed by atoms with E-state index in [1.165, 1.54) is 18.5 Å². The number of fused-ring (bicyclic) bond motifs is 1. The van der Waals surface area contributed by atoms with Gasteiger partial charge >= 0.3 is 5.63 Å². The number of para-hydroxylation sites is 1. The Labute approximate surface area is 134 Å². The zero-order valence-electron chi connectivity index (χ0n) is 13.0. The highest BCUT2D eigenvalue weighted by Crippen LogP contribution is 2.11. The molecule has 120 valence electrons. The molecule has 0 atom stereocenters. The molecule has 0 spiro atoms. The summed E-state index contributed by atoms with van der Waals surface area (Å²) in [6, 6.07) is 11.7. The number of nitrogens with zero attached hydrogens (tertiary/aromatic N) is 1. The van der Waals surface area contributed by atoms with E-state index in [-0.39, 0.29) is 5.63 Å². The molecule has 0 radical (unpaired) electrons. The van der Waals surface area contributed by atoms with Crippen LogP contribution in [0.1, 0.15) is 31.4 Å². The first-order valence-corrected chi connectivity index (χ1v) is 8.09. The van der Waals surface area contributed by atoms with Crippen molar-refractivity contribution >= 4 is 16.9 Å². The van der Waals surface area contributed by atoms with Crippen LogP contribution in [-0.2, 0) is 6.42 Å². The topological polar surface area (TPSA) is 70.9 Å². The van der Waals surface area contributed by atoms with Crippen molar-refractivity contribution in [2.24, 2.45) is 0 Å². The third kappa shape index (κ3) is 4.22. The van der Waals surface area contributed by atoms with Crippen molar-refractivity contribution in [1.82, 2.24) is 9.97 Å². The molecule has 0 saturated heterocycles. The monoisotopic (exact) mass is 311 g/mol. The Bertz CT molecular complexity index is 793. The lowest BCUT2D eigenvalue weighted by molar-refractivity contribution is 0.514. The highest BCUT2D eigenvalue weighted by Gasteiger charge is 2.04. The van der Waals surface area contributed by atoms with Crippen molar-refractivity contribution in [3.8, 4) is 0 Å². The van der Waals surface area contributed by atoms with Gasteiger partial charge in [0.05, 0.1) is 10.9 Å². The van der Waals surface area contributed by atoms with E-state index in [9.17, 15) is 4.79 Å². The van der Waals surface area contributed by atoms with Crippen molar-refractivity contribution in [3.63, 3.8) is 0 Å². The van der Waals surface area contributed by atoms with Gasteiger partial charge in [0, 0.05) is 18.4 Å². The van der Waals surface area contributed by atoms with Crippen LogP contribution in [0.25, 0.3) is 10.9 Å². The van der Waals surface area contributed by atoms with Crippen LogP contribution in [0.15, 0.2) is 51.8 Å². The second-order valence-electron chi connectivity index (χ2n) is 5.61. The summed E-state index contributed by atoms with van der Waals surface area (Å²) >= 11 is 0. The molecule has 3 aromatic rings. The molecule has 2 N–H and O–H groups in total. The van der Waals surface area contributed by atoms with Crippen LogP contribution in [0, 0.1) is 0 Å². The summed E-state index contributed by atoms with van der Waals surface area (Å²) in [7, 11) is 0. The first-order chi connectivity index (χ1) is 11.3. The van der Waals surface area contributed by atoms with Gasteiger partial charge in [-0.3, -0.25) is 0 Å². The number of anilines is 1. The number of hydrogen-bond donors (Lipinski definition) is 2. The summed E-state index contributed by atoms with van der Waals surface area (Å²) in [5.74, 6) is 0. The second-order valence-corrected chi connectivity index (χ2v) is 5.61. The van der Waals surface area contributed by atoms with Gasteiger partial charge in [-0.15, -0.1) is 0 Å². The molecule has 2 heterocycles. The van der Waals surface area contributed by atoms with Gasteiger partial charge in [0.2, 0.25) is 0 Å². The van der Waals surface area contributed by atoms with Crippen LogP contribution in [-0.4, -0.2) is 16.5 Å². The maximum absolute atomic E-state index is 11.8.